The van der Waals surface area contributed by atoms with Crippen molar-refractivity contribution < 1.29 is 4.74 Å². The second-order valence-corrected chi connectivity index (χ2v) is 5.44. The van der Waals surface area contributed by atoms with Crippen molar-refractivity contribution in [2.75, 3.05) is 31.7 Å². The van der Waals surface area contributed by atoms with E-state index < -0.39 is 0 Å². The molecule has 1 aromatic rings. The second-order valence-electron chi connectivity index (χ2n) is 5.44. The van der Waals surface area contributed by atoms with Gasteiger partial charge < -0.3 is 15.0 Å². The molecule has 1 atom stereocenters. The topological polar surface area (TPSA) is 50.3 Å². The van der Waals surface area contributed by atoms with Gasteiger partial charge in [0.2, 0.25) is 5.95 Å². The van der Waals surface area contributed by atoms with E-state index >= 15 is 0 Å². The van der Waals surface area contributed by atoms with Crippen LogP contribution in [-0.4, -0.2) is 42.8 Å². The standard InChI is InChI=1S/C15H26N4O/c1-4-16-9-13-10-17-15(18-11-13)19(7-8-20-3)12(2)14-5-6-14/h10-12,14,16H,4-9H2,1-3H3. The summed E-state index contributed by atoms with van der Waals surface area (Å²) in [5, 5.41) is 3.28. The molecule has 1 aliphatic rings. The molecular weight excluding hydrogens is 252 g/mol. The predicted octanol–water partition coefficient (Wildman–Crippen LogP) is 1.84. The molecule has 1 unspecified atom stereocenters. The summed E-state index contributed by atoms with van der Waals surface area (Å²) >= 11 is 0. The third kappa shape index (κ3) is 4.15. The fourth-order valence-electron chi connectivity index (χ4n) is 2.37. The monoisotopic (exact) mass is 278 g/mol. The Morgan fingerprint density at radius 1 is 1.40 bits per heavy atom. The molecule has 1 fully saturated rings. The molecule has 5 heteroatoms. The molecule has 1 heterocycles. The molecular formula is C15H26N4O. The normalized spacial score (nSPS) is 16.1. The molecule has 0 aliphatic heterocycles. The average molecular weight is 278 g/mol. The molecule has 0 radical (unpaired) electrons. The van der Waals surface area contributed by atoms with Crippen LogP contribution < -0.4 is 10.2 Å². The van der Waals surface area contributed by atoms with Gasteiger partial charge in [-0.1, -0.05) is 6.92 Å². The fraction of sp³-hybridized carbons (Fsp3) is 0.733. The lowest BCUT2D eigenvalue weighted by Gasteiger charge is -2.29. The Labute approximate surface area is 121 Å². The van der Waals surface area contributed by atoms with Crippen molar-refractivity contribution >= 4 is 5.95 Å². The zero-order valence-electron chi connectivity index (χ0n) is 12.8. The largest absolute Gasteiger partial charge is 0.383 e. The Kier molecular flexibility index (Phi) is 5.73. The molecule has 112 valence electrons. The highest BCUT2D eigenvalue weighted by atomic mass is 16.5. The fourth-order valence-corrected chi connectivity index (χ4v) is 2.37. The number of nitrogens with one attached hydrogen (secondary N) is 1. The van der Waals surface area contributed by atoms with Gasteiger partial charge in [-0.25, -0.2) is 9.97 Å². The summed E-state index contributed by atoms with van der Waals surface area (Å²) in [6.07, 6.45) is 6.49. The Balaban J connectivity index is 2.02. The number of hydrogen-bond donors (Lipinski definition) is 1. The first-order chi connectivity index (χ1) is 9.76. The van der Waals surface area contributed by atoms with Crippen molar-refractivity contribution in [3.8, 4) is 0 Å². The minimum absolute atomic E-state index is 0.491. The van der Waals surface area contributed by atoms with Crippen LogP contribution in [0, 0.1) is 5.92 Å². The number of rotatable bonds is 9. The van der Waals surface area contributed by atoms with Gasteiger partial charge in [0.25, 0.3) is 0 Å². The lowest BCUT2D eigenvalue weighted by molar-refractivity contribution is 0.202. The van der Waals surface area contributed by atoms with Crippen LogP contribution in [0.15, 0.2) is 12.4 Å². The van der Waals surface area contributed by atoms with Crippen LogP contribution in [0.4, 0.5) is 5.95 Å². The number of hydrogen-bond acceptors (Lipinski definition) is 5. The maximum absolute atomic E-state index is 5.21. The van der Waals surface area contributed by atoms with Crippen molar-refractivity contribution in [2.24, 2.45) is 5.92 Å². The molecule has 1 saturated carbocycles. The highest BCUT2D eigenvalue weighted by Crippen LogP contribution is 2.36. The number of methoxy groups -OCH3 is 1. The van der Waals surface area contributed by atoms with E-state index in [2.05, 4.69) is 34.0 Å². The van der Waals surface area contributed by atoms with Crippen molar-refractivity contribution in [3.63, 3.8) is 0 Å². The van der Waals surface area contributed by atoms with Crippen LogP contribution in [-0.2, 0) is 11.3 Å². The molecule has 0 amide bonds. The number of nitrogens with zero attached hydrogens (tertiary/aromatic N) is 3. The number of ether oxygens (including phenoxy) is 1. The zero-order valence-corrected chi connectivity index (χ0v) is 12.8. The first-order valence-electron chi connectivity index (χ1n) is 7.53. The van der Waals surface area contributed by atoms with E-state index in [4.69, 9.17) is 4.74 Å². The van der Waals surface area contributed by atoms with Crippen LogP contribution in [0.3, 0.4) is 0 Å². The Bertz CT molecular complexity index is 391. The number of aromatic nitrogens is 2. The third-order valence-corrected chi connectivity index (χ3v) is 3.86. The zero-order chi connectivity index (χ0) is 14.4. The van der Waals surface area contributed by atoms with E-state index in [9.17, 15) is 0 Å². The predicted molar refractivity (Wildman–Crippen MR) is 80.8 cm³/mol. The maximum atomic E-state index is 5.21. The summed E-state index contributed by atoms with van der Waals surface area (Å²) in [4.78, 5) is 11.3. The summed E-state index contributed by atoms with van der Waals surface area (Å²) in [5.41, 5.74) is 1.13. The summed E-state index contributed by atoms with van der Waals surface area (Å²) in [6.45, 7) is 7.70. The summed E-state index contributed by atoms with van der Waals surface area (Å²) in [7, 11) is 1.74. The SMILES string of the molecule is CCNCc1cnc(N(CCOC)C(C)C2CC2)nc1. The van der Waals surface area contributed by atoms with Crippen molar-refractivity contribution in [1.29, 1.82) is 0 Å². The molecule has 1 aliphatic carbocycles. The van der Waals surface area contributed by atoms with E-state index in [1.165, 1.54) is 12.8 Å². The maximum Gasteiger partial charge on any atom is 0.225 e. The van der Waals surface area contributed by atoms with Gasteiger partial charge in [0.1, 0.15) is 0 Å². The van der Waals surface area contributed by atoms with Gasteiger partial charge in [0.15, 0.2) is 0 Å². The second kappa shape index (κ2) is 7.55. The quantitative estimate of drug-likeness (QED) is 0.747. The minimum atomic E-state index is 0.491. The van der Waals surface area contributed by atoms with Crippen LogP contribution in [0.5, 0.6) is 0 Å². The molecule has 2 rings (SSSR count). The molecule has 5 nitrogen and oxygen atoms in total. The lowest BCUT2D eigenvalue weighted by Crippen LogP contribution is -2.38. The molecule has 0 aromatic carbocycles. The highest BCUT2D eigenvalue weighted by molar-refractivity contribution is 5.32. The van der Waals surface area contributed by atoms with Crippen molar-refractivity contribution in [2.45, 2.75) is 39.3 Å². The van der Waals surface area contributed by atoms with E-state index in [1.54, 1.807) is 7.11 Å². The molecule has 0 saturated heterocycles. The first kappa shape index (κ1) is 15.2. The number of anilines is 1. The van der Waals surface area contributed by atoms with Crippen LogP contribution in [0.2, 0.25) is 0 Å². The Morgan fingerprint density at radius 3 is 2.65 bits per heavy atom. The van der Waals surface area contributed by atoms with Gasteiger partial charge in [-0.2, -0.15) is 0 Å². The Morgan fingerprint density at radius 2 is 2.10 bits per heavy atom. The highest BCUT2D eigenvalue weighted by Gasteiger charge is 2.32. The van der Waals surface area contributed by atoms with Gasteiger partial charge in [-0.15, -0.1) is 0 Å². The van der Waals surface area contributed by atoms with Gasteiger partial charge in [0, 0.05) is 44.2 Å². The van der Waals surface area contributed by atoms with Gasteiger partial charge >= 0.3 is 0 Å². The average Bonchev–Trinajstić information content (AvgIpc) is 3.31. The van der Waals surface area contributed by atoms with E-state index in [0.717, 1.165) is 37.1 Å². The van der Waals surface area contributed by atoms with Crippen LogP contribution in [0.25, 0.3) is 0 Å². The summed E-state index contributed by atoms with van der Waals surface area (Å²) < 4.78 is 5.21. The van der Waals surface area contributed by atoms with Crippen molar-refractivity contribution in [1.82, 2.24) is 15.3 Å². The van der Waals surface area contributed by atoms with Crippen molar-refractivity contribution in [3.05, 3.63) is 18.0 Å². The smallest absolute Gasteiger partial charge is 0.225 e. The first-order valence-corrected chi connectivity index (χ1v) is 7.53. The van der Waals surface area contributed by atoms with Gasteiger partial charge in [-0.05, 0) is 32.2 Å². The Hall–Kier alpha value is -1.20. The lowest BCUT2D eigenvalue weighted by atomic mass is 10.2. The van der Waals surface area contributed by atoms with E-state index in [0.29, 0.717) is 12.6 Å². The van der Waals surface area contributed by atoms with Gasteiger partial charge in [-0.3, -0.25) is 0 Å². The van der Waals surface area contributed by atoms with Gasteiger partial charge in [0.05, 0.1) is 6.61 Å². The van der Waals surface area contributed by atoms with Crippen LogP contribution >= 0.6 is 0 Å². The summed E-state index contributed by atoms with van der Waals surface area (Å²) in [6, 6.07) is 0.491. The molecule has 0 spiro atoms. The summed E-state index contributed by atoms with van der Waals surface area (Å²) in [5.74, 6) is 1.61. The minimum Gasteiger partial charge on any atom is -0.383 e. The molecule has 1 aromatic heterocycles. The molecule has 20 heavy (non-hydrogen) atoms. The molecule has 1 N–H and O–H groups in total. The van der Waals surface area contributed by atoms with E-state index in [-0.39, 0.29) is 0 Å². The van der Waals surface area contributed by atoms with E-state index in [1.807, 2.05) is 12.4 Å². The molecule has 0 bridgehead atoms. The third-order valence-electron chi connectivity index (χ3n) is 3.86. The van der Waals surface area contributed by atoms with Crippen LogP contribution in [0.1, 0.15) is 32.3 Å².